The van der Waals surface area contributed by atoms with E-state index in [0.717, 1.165) is 28.9 Å². The standard InChI is InChI=1S/C33H31F3N6O4S/c1-18(2)25-12-6-19(3)14-28(25)42-29(43)17-47-32(42)39-31(45)38-26-13-9-23(15-20(26)4)41-16-27(21(5)40-41)37-30(44)22-7-10-24(11-8-22)46-33(34,35)36/h6-16,18H,17H2,1-5H3,(H,37,44)(H,38,45). The number of nitrogens with zero attached hydrogens (tertiary/aromatic N) is 4. The highest BCUT2D eigenvalue weighted by Gasteiger charge is 2.33. The third-order valence-electron chi connectivity index (χ3n) is 7.22. The van der Waals surface area contributed by atoms with Crippen LogP contribution in [0.5, 0.6) is 5.75 Å². The third kappa shape index (κ3) is 7.83. The lowest BCUT2D eigenvalue weighted by Crippen LogP contribution is -2.31. The summed E-state index contributed by atoms with van der Waals surface area (Å²) in [5.41, 5.74) is 5.60. The molecule has 47 heavy (non-hydrogen) atoms. The van der Waals surface area contributed by atoms with Gasteiger partial charge in [0.15, 0.2) is 5.17 Å². The fourth-order valence-electron chi connectivity index (χ4n) is 4.90. The van der Waals surface area contributed by atoms with Crippen LogP contribution in [0, 0.1) is 20.8 Å². The Balaban J connectivity index is 1.28. The van der Waals surface area contributed by atoms with Crippen molar-refractivity contribution in [2.24, 2.45) is 4.99 Å². The van der Waals surface area contributed by atoms with Crippen LogP contribution in [0.1, 0.15) is 52.5 Å². The molecule has 0 bridgehead atoms. The van der Waals surface area contributed by atoms with E-state index in [1.165, 1.54) is 28.8 Å². The number of thioether (sulfide) groups is 1. The molecule has 4 aromatic rings. The zero-order valence-corrected chi connectivity index (χ0v) is 26.9. The molecular formula is C33H31F3N6O4S. The molecule has 0 atom stereocenters. The average molecular weight is 665 g/mol. The number of carbonyl (C=O) groups is 3. The van der Waals surface area contributed by atoms with Crippen molar-refractivity contribution in [3.05, 3.63) is 94.8 Å². The van der Waals surface area contributed by atoms with Gasteiger partial charge in [0, 0.05) is 11.3 Å². The molecule has 244 valence electrons. The van der Waals surface area contributed by atoms with E-state index in [1.807, 2.05) is 39.0 Å². The smallest absolute Gasteiger partial charge is 0.406 e. The molecule has 0 spiro atoms. The highest BCUT2D eigenvalue weighted by atomic mass is 32.2. The number of aromatic nitrogens is 2. The summed E-state index contributed by atoms with van der Waals surface area (Å²) in [6, 6.07) is 15.1. The van der Waals surface area contributed by atoms with E-state index in [1.54, 1.807) is 42.9 Å². The summed E-state index contributed by atoms with van der Waals surface area (Å²) in [5.74, 6) is -0.773. The minimum Gasteiger partial charge on any atom is -0.406 e. The topological polar surface area (TPSA) is 118 Å². The molecular weight excluding hydrogens is 633 g/mol. The molecule has 10 nitrogen and oxygen atoms in total. The summed E-state index contributed by atoms with van der Waals surface area (Å²) in [6.07, 6.45) is -3.23. The minimum absolute atomic E-state index is 0.133. The zero-order chi connectivity index (χ0) is 34.0. The Morgan fingerprint density at radius 1 is 0.979 bits per heavy atom. The molecule has 0 unspecified atom stereocenters. The van der Waals surface area contributed by atoms with Crippen molar-refractivity contribution < 1.29 is 32.3 Å². The number of nitrogens with one attached hydrogen (secondary N) is 2. The molecule has 1 fully saturated rings. The van der Waals surface area contributed by atoms with Gasteiger partial charge in [0.2, 0.25) is 5.91 Å². The Morgan fingerprint density at radius 3 is 2.36 bits per heavy atom. The number of alkyl halides is 3. The van der Waals surface area contributed by atoms with Crippen LogP contribution in [-0.4, -0.2) is 44.9 Å². The van der Waals surface area contributed by atoms with Crippen LogP contribution in [0.4, 0.5) is 35.0 Å². The van der Waals surface area contributed by atoms with E-state index in [0.29, 0.717) is 33.5 Å². The molecule has 0 aliphatic carbocycles. The van der Waals surface area contributed by atoms with Crippen LogP contribution in [-0.2, 0) is 4.79 Å². The summed E-state index contributed by atoms with van der Waals surface area (Å²) >= 11 is 1.21. The van der Waals surface area contributed by atoms with Crippen molar-refractivity contribution in [2.45, 2.75) is 46.9 Å². The molecule has 4 amide bonds. The van der Waals surface area contributed by atoms with E-state index >= 15 is 0 Å². The highest BCUT2D eigenvalue weighted by molar-refractivity contribution is 8.15. The number of ether oxygens (including phenoxy) is 1. The number of aliphatic imine (C=N–C) groups is 1. The molecule has 14 heteroatoms. The van der Waals surface area contributed by atoms with Crippen molar-refractivity contribution in [3.8, 4) is 11.4 Å². The summed E-state index contributed by atoms with van der Waals surface area (Å²) in [6.45, 7) is 9.54. The van der Waals surface area contributed by atoms with Gasteiger partial charge in [-0.1, -0.05) is 37.7 Å². The van der Waals surface area contributed by atoms with Gasteiger partial charge < -0.3 is 15.4 Å². The van der Waals surface area contributed by atoms with Crippen LogP contribution in [0.2, 0.25) is 0 Å². The van der Waals surface area contributed by atoms with Crippen LogP contribution in [0.15, 0.2) is 71.9 Å². The summed E-state index contributed by atoms with van der Waals surface area (Å²) in [7, 11) is 0. The number of benzene rings is 3. The first-order valence-electron chi connectivity index (χ1n) is 14.5. The first kappa shape index (κ1) is 33.3. The molecule has 1 saturated heterocycles. The fourth-order valence-corrected chi connectivity index (χ4v) is 5.75. The maximum absolute atomic E-state index is 13.0. The molecule has 1 aliphatic heterocycles. The lowest BCUT2D eigenvalue weighted by atomic mass is 9.99. The number of amides is 4. The molecule has 1 aliphatic rings. The average Bonchev–Trinajstić information content (AvgIpc) is 3.54. The second kappa shape index (κ2) is 13.3. The van der Waals surface area contributed by atoms with Gasteiger partial charge in [0.05, 0.1) is 34.7 Å². The van der Waals surface area contributed by atoms with Crippen molar-refractivity contribution in [1.82, 2.24) is 9.78 Å². The van der Waals surface area contributed by atoms with E-state index in [9.17, 15) is 27.6 Å². The van der Waals surface area contributed by atoms with E-state index < -0.39 is 24.1 Å². The van der Waals surface area contributed by atoms with E-state index in [-0.39, 0.29) is 23.1 Å². The number of carbonyl (C=O) groups excluding carboxylic acids is 3. The number of rotatable bonds is 7. The van der Waals surface area contributed by atoms with Crippen molar-refractivity contribution >= 4 is 51.8 Å². The number of anilines is 3. The van der Waals surface area contributed by atoms with Gasteiger partial charge in [-0.25, -0.2) is 9.48 Å². The van der Waals surface area contributed by atoms with Crippen molar-refractivity contribution in [1.29, 1.82) is 0 Å². The Hall–Kier alpha value is -5.11. The maximum Gasteiger partial charge on any atom is 0.573 e. The lowest BCUT2D eigenvalue weighted by molar-refractivity contribution is -0.274. The second-order valence-corrected chi connectivity index (χ2v) is 12.1. The molecule has 2 N–H and O–H groups in total. The summed E-state index contributed by atoms with van der Waals surface area (Å²) in [5, 5.41) is 10.3. The van der Waals surface area contributed by atoms with Gasteiger partial charge in [-0.05, 0) is 91.9 Å². The van der Waals surface area contributed by atoms with Crippen molar-refractivity contribution in [2.75, 3.05) is 21.3 Å². The number of amidine groups is 1. The molecule has 5 rings (SSSR count). The quantitative estimate of drug-likeness (QED) is 0.209. The Labute approximate surface area is 273 Å². The van der Waals surface area contributed by atoms with Crippen LogP contribution in [0.25, 0.3) is 5.69 Å². The first-order chi connectivity index (χ1) is 22.2. The fraction of sp³-hybridized carbons (Fsp3) is 0.242. The van der Waals surface area contributed by atoms with Gasteiger partial charge in [0.1, 0.15) is 5.75 Å². The predicted molar refractivity (Wildman–Crippen MR) is 176 cm³/mol. The zero-order valence-electron chi connectivity index (χ0n) is 26.1. The Kier molecular flexibility index (Phi) is 9.43. The molecule has 0 saturated carbocycles. The highest BCUT2D eigenvalue weighted by Crippen LogP contribution is 2.34. The molecule has 0 radical (unpaired) electrons. The van der Waals surface area contributed by atoms with E-state index in [4.69, 9.17) is 0 Å². The Bertz CT molecular complexity index is 1890. The predicted octanol–water partition coefficient (Wildman–Crippen LogP) is 7.74. The number of halogens is 3. The Morgan fingerprint density at radius 2 is 1.70 bits per heavy atom. The number of urea groups is 1. The largest absolute Gasteiger partial charge is 0.573 e. The van der Waals surface area contributed by atoms with Gasteiger partial charge in [-0.2, -0.15) is 10.1 Å². The maximum atomic E-state index is 13.0. The second-order valence-electron chi connectivity index (χ2n) is 11.2. The van der Waals surface area contributed by atoms with Crippen molar-refractivity contribution in [3.63, 3.8) is 0 Å². The molecule has 2 heterocycles. The van der Waals surface area contributed by atoms with Crippen LogP contribution < -0.4 is 20.3 Å². The molecule has 1 aromatic heterocycles. The number of hydrogen-bond donors (Lipinski definition) is 2. The number of aryl methyl sites for hydroxylation is 3. The SMILES string of the molecule is Cc1ccc(C(C)C)c(N2C(=O)CSC2=NC(=O)Nc2ccc(-n3cc(NC(=O)c4ccc(OC(F)(F)F)cc4)c(C)n3)cc2C)c1. The van der Waals surface area contributed by atoms with Crippen LogP contribution in [0.3, 0.4) is 0 Å². The van der Waals surface area contributed by atoms with Gasteiger partial charge in [-0.15, -0.1) is 13.2 Å². The van der Waals surface area contributed by atoms with Gasteiger partial charge in [0.25, 0.3) is 5.91 Å². The molecule has 3 aromatic carbocycles. The normalized spacial score (nSPS) is 14.2. The minimum atomic E-state index is -4.83. The summed E-state index contributed by atoms with van der Waals surface area (Å²) in [4.78, 5) is 44.4. The monoisotopic (exact) mass is 664 g/mol. The first-order valence-corrected chi connectivity index (χ1v) is 15.5. The van der Waals surface area contributed by atoms with Crippen LogP contribution >= 0.6 is 11.8 Å². The number of hydrogen-bond acceptors (Lipinski definition) is 6. The summed E-state index contributed by atoms with van der Waals surface area (Å²) < 4.78 is 42.7. The third-order valence-corrected chi connectivity index (χ3v) is 8.15. The lowest BCUT2D eigenvalue weighted by Gasteiger charge is -2.22. The van der Waals surface area contributed by atoms with Gasteiger partial charge in [-0.3, -0.25) is 14.5 Å². The van der Waals surface area contributed by atoms with E-state index in [2.05, 4.69) is 25.5 Å². The van der Waals surface area contributed by atoms with Gasteiger partial charge >= 0.3 is 12.4 Å².